The van der Waals surface area contributed by atoms with Gasteiger partial charge < -0.3 is 5.32 Å². The first-order chi connectivity index (χ1) is 7.74. The van der Waals surface area contributed by atoms with Crippen LogP contribution in [0.25, 0.3) is 10.6 Å². The van der Waals surface area contributed by atoms with Gasteiger partial charge in [0.15, 0.2) is 0 Å². The number of hydrogen-bond acceptors (Lipinski definition) is 4. The molecule has 0 saturated heterocycles. The van der Waals surface area contributed by atoms with E-state index in [1.165, 1.54) is 10.5 Å². The summed E-state index contributed by atoms with van der Waals surface area (Å²) in [4.78, 5) is 5.84. The van der Waals surface area contributed by atoms with E-state index < -0.39 is 0 Å². The number of anilines is 1. The van der Waals surface area contributed by atoms with Gasteiger partial charge in [0.1, 0.15) is 10.0 Å². The highest BCUT2D eigenvalue weighted by Gasteiger charge is 2.07. The van der Waals surface area contributed by atoms with E-state index in [9.17, 15) is 0 Å². The molecule has 0 aliphatic rings. The van der Waals surface area contributed by atoms with E-state index in [1.54, 1.807) is 23.1 Å². The van der Waals surface area contributed by atoms with Crippen molar-refractivity contribution in [3.05, 3.63) is 30.0 Å². The van der Waals surface area contributed by atoms with Crippen LogP contribution in [-0.2, 0) is 0 Å². The third kappa shape index (κ3) is 2.23. The molecule has 16 heavy (non-hydrogen) atoms. The van der Waals surface area contributed by atoms with Gasteiger partial charge in [-0.05, 0) is 25.3 Å². The molecule has 2 aromatic rings. The fraction of sp³-hybridized carbons (Fsp3) is 0.250. The molecule has 0 aliphatic heterocycles. The van der Waals surface area contributed by atoms with Gasteiger partial charge in [-0.1, -0.05) is 23.5 Å². The second kappa shape index (κ2) is 4.89. The molecule has 2 rings (SSSR count). The quantitative estimate of drug-likeness (QED) is 0.837. The molecule has 0 unspecified atom stereocenters. The van der Waals surface area contributed by atoms with E-state index in [2.05, 4.69) is 40.8 Å². The number of aromatic nitrogens is 1. The highest BCUT2D eigenvalue weighted by Crippen LogP contribution is 2.32. The van der Waals surface area contributed by atoms with Gasteiger partial charge in [-0.15, -0.1) is 11.8 Å². The summed E-state index contributed by atoms with van der Waals surface area (Å²) in [6, 6.07) is 8.53. The van der Waals surface area contributed by atoms with Crippen LogP contribution in [-0.4, -0.2) is 18.3 Å². The van der Waals surface area contributed by atoms with Crippen LogP contribution in [0.3, 0.4) is 0 Å². The molecule has 0 fully saturated rings. The van der Waals surface area contributed by atoms with Crippen molar-refractivity contribution in [2.45, 2.75) is 11.8 Å². The number of benzene rings is 1. The highest BCUT2D eigenvalue weighted by molar-refractivity contribution is 7.98. The lowest BCUT2D eigenvalue weighted by Crippen LogP contribution is -1.85. The molecule has 0 spiro atoms. The second-order valence-electron chi connectivity index (χ2n) is 3.41. The van der Waals surface area contributed by atoms with Crippen molar-refractivity contribution in [3.63, 3.8) is 0 Å². The third-order valence-electron chi connectivity index (χ3n) is 2.36. The average molecular weight is 250 g/mol. The van der Waals surface area contributed by atoms with Gasteiger partial charge in [-0.3, -0.25) is 0 Å². The van der Waals surface area contributed by atoms with E-state index in [1.807, 2.05) is 14.0 Å². The summed E-state index contributed by atoms with van der Waals surface area (Å²) in [5, 5.41) is 5.38. The number of thioether (sulfide) groups is 1. The van der Waals surface area contributed by atoms with Crippen molar-refractivity contribution in [2.75, 3.05) is 18.6 Å². The molecule has 2 nitrogen and oxygen atoms in total. The predicted molar refractivity (Wildman–Crippen MR) is 73.6 cm³/mol. The largest absolute Gasteiger partial charge is 0.378 e. The minimum Gasteiger partial charge on any atom is -0.378 e. The molecule has 0 saturated carbocycles. The van der Waals surface area contributed by atoms with Gasteiger partial charge in [0, 0.05) is 17.5 Å². The van der Waals surface area contributed by atoms with Crippen LogP contribution in [0.2, 0.25) is 0 Å². The van der Waals surface area contributed by atoms with Crippen LogP contribution in [0.5, 0.6) is 0 Å². The Labute approximate surface area is 104 Å². The maximum Gasteiger partial charge on any atom is 0.125 e. The summed E-state index contributed by atoms with van der Waals surface area (Å²) in [5.74, 6) is 0. The molecule has 0 radical (unpaired) electrons. The Morgan fingerprint density at radius 2 is 1.94 bits per heavy atom. The van der Waals surface area contributed by atoms with Crippen molar-refractivity contribution in [1.82, 2.24) is 4.98 Å². The molecule has 4 heteroatoms. The van der Waals surface area contributed by atoms with Gasteiger partial charge >= 0.3 is 0 Å². The predicted octanol–water partition coefficient (Wildman–Crippen LogP) is 3.88. The van der Waals surface area contributed by atoms with E-state index in [0.717, 1.165) is 15.7 Å². The maximum absolute atomic E-state index is 4.56. The number of rotatable bonds is 3. The Morgan fingerprint density at radius 3 is 2.44 bits per heavy atom. The van der Waals surface area contributed by atoms with Gasteiger partial charge in [-0.25, -0.2) is 4.98 Å². The van der Waals surface area contributed by atoms with E-state index in [-0.39, 0.29) is 0 Å². The van der Waals surface area contributed by atoms with E-state index in [0.29, 0.717) is 0 Å². The fourth-order valence-corrected chi connectivity index (χ4v) is 2.82. The molecular weight excluding hydrogens is 236 g/mol. The van der Waals surface area contributed by atoms with Gasteiger partial charge in [0.2, 0.25) is 0 Å². The molecule has 1 N–H and O–H groups in total. The summed E-state index contributed by atoms with van der Waals surface area (Å²) in [6.45, 7) is 2.03. The smallest absolute Gasteiger partial charge is 0.125 e. The molecule has 0 amide bonds. The summed E-state index contributed by atoms with van der Waals surface area (Å²) in [6.07, 6.45) is 2.08. The van der Waals surface area contributed by atoms with Crippen molar-refractivity contribution in [1.29, 1.82) is 0 Å². The van der Waals surface area contributed by atoms with Gasteiger partial charge in [0.05, 0.1) is 5.69 Å². The lowest BCUT2D eigenvalue weighted by atomic mass is 10.2. The maximum atomic E-state index is 4.56. The molecule has 1 aromatic carbocycles. The Bertz CT molecular complexity index is 474. The second-order valence-corrected chi connectivity index (χ2v) is 5.29. The van der Waals surface area contributed by atoms with Crippen LogP contribution < -0.4 is 5.32 Å². The zero-order valence-corrected chi connectivity index (χ0v) is 11.2. The van der Waals surface area contributed by atoms with Crippen LogP contribution in [0.1, 0.15) is 5.69 Å². The van der Waals surface area contributed by atoms with Crippen molar-refractivity contribution in [2.24, 2.45) is 0 Å². The summed E-state index contributed by atoms with van der Waals surface area (Å²) >= 11 is 3.45. The Morgan fingerprint density at radius 1 is 1.25 bits per heavy atom. The minimum atomic E-state index is 1.07. The summed E-state index contributed by atoms with van der Waals surface area (Å²) < 4.78 is 0. The lowest BCUT2D eigenvalue weighted by Gasteiger charge is -1.98. The van der Waals surface area contributed by atoms with E-state index in [4.69, 9.17) is 0 Å². The van der Waals surface area contributed by atoms with E-state index >= 15 is 0 Å². The monoisotopic (exact) mass is 250 g/mol. The summed E-state index contributed by atoms with van der Waals surface area (Å²) in [7, 11) is 1.93. The van der Waals surface area contributed by atoms with Crippen molar-refractivity contribution >= 4 is 28.1 Å². The normalized spacial score (nSPS) is 10.4. The van der Waals surface area contributed by atoms with Crippen LogP contribution in [0.15, 0.2) is 29.2 Å². The number of nitrogens with one attached hydrogen (secondary N) is 1. The zero-order valence-electron chi connectivity index (χ0n) is 9.57. The zero-order chi connectivity index (χ0) is 11.5. The molecule has 0 atom stereocenters. The van der Waals surface area contributed by atoms with Gasteiger partial charge in [-0.2, -0.15) is 0 Å². The van der Waals surface area contributed by atoms with Crippen LogP contribution >= 0.6 is 23.1 Å². The molecule has 1 aromatic heterocycles. The topological polar surface area (TPSA) is 24.9 Å². The number of nitrogens with zero attached hydrogens (tertiary/aromatic N) is 1. The first-order valence-corrected chi connectivity index (χ1v) is 7.08. The van der Waals surface area contributed by atoms with Crippen LogP contribution in [0.4, 0.5) is 5.00 Å². The first kappa shape index (κ1) is 11.5. The Balaban J connectivity index is 2.34. The lowest BCUT2D eigenvalue weighted by molar-refractivity contribution is 1.26. The highest BCUT2D eigenvalue weighted by atomic mass is 32.2. The fourth-order valence-electron chi connectivity index (χ4n) is 1.49. The molecule has 84 valence electrons. The minimum absolute atomic E-state index is 1.07. The van der Waals surface area contributed by atoms with Gasteiger partial charge in [0.25, 0.3) is 0 Å². The number of thiazole rings is 1. The average Bonchev–Trinajstić information content (AvgIpc) is 2.71. The number of hydrogen-bond donors (Lipinski definition) is 1. The summed E-state index contributed by atoms with van der Waals surface area (Å²) in [5.41, 5.74) is 2.25. The first-order valence-electron chi connectivity index (χ1n) is 5.04. The standard InChI is InChI=1S/C12H14N2S2/c1-8-11(13-2)16-12(14-8)9-4-6-10(15-3)7-5-9/h4-7,13H,1-3H3. The number of aryl methyl sites for hydroxylation is 1. The molecular formula is C12H14N2S2. The van der Waals surface area contributed by atoms with Crippen molar-refractivity contribution in [3.8, 4) is 10.6 Å². The molecule has 0 aliphatic carbocycles. The van der Waals surface area contributed by atoms with Crippen LogP contribution in [0, 0.1) is 6.92 Å². The third-order valence-corrected chi connectivity index (χ3v) is 4.33. The molecule has 0 bridgehead atoms. The Kier molecular flexibility index (Phi) is 3.51. The van der Waals surface area contributed by atoms with Crippen molar-refractivity contribution < 1.29 is 0 Å². The Hall–Kier alpha value is -1.00. The molecule has 1 heterocycles. The SMILES string of the molecule is CNc1sc(-c2ccc(SC)cc2)nc1C.